The summed E-state index contributed by atoms with van der Waals surface area (Å²) in [6, 6.07) is 14.3. The Morgan fingerprint density at radius 3 is 2.26 bits per heavy atom. The van der Waals surface area contributed by atoms with Gasteiger partial charge in [0, 0.05) is 33.8 Å². The molecule has 100 valence electrons. The molecule has 0 heterocycles. The molecular weight excluding hydrogens is 277 g/mol. The normalized spacial score (nSPS) is 11.0. The van der Waals surface area contributed by atoms with Gasteiger partial charge in [-0.15, -0.1) is 0 Å². The molecule has 0 aromatic heterocycles. The predicted molar refractivity (Wildman–Crippen MR) is 83.9 cm³/mol. The Hall–Kier alpha value is -1.02. The highest BCUT2D eigenvalue weighted by Gasteiger charge is 2.08. The van der Waals surface area contributed by atoms with Gasteiger partial charge in [0.25, 0.3) is 0 Å². The maximum absolute atomic E-state index is 6.36. The fraction of sp³-hybridized carbons (Fsp3) is 0.250. The van der Waals surface area contributed by atoms with Crippen LogP contribution in [0.3, 0.4) is 0 Å². The zero-order valence-electron chi connectivity index (χ0n) is 11.1. The second-order valence-corrected chi connectivity index (χ2v) is 5.64. The van der Waals surface area contributed by atoms with Crippen molar-refractivity contribution in [2.75, 3.05) is 0 Å². The first-order valence-corrected chi connectivity index (χ1v) is 7.10. The molecular formula is C16H17Cl2N. The van der Waals surface area contributed by atoms with Gasteiger partial charge in [0.1, 0.15) is 0 Å². The van der Waals surface area contributed by atoms with Crippen molar-refractivity contribution < 1.29 is 0 Å². The topological polar surface area (TPSA) is 12.0 Å². The van der Waals surface area contributed by atoms with Crippen LogP contribution in [-0.2, 0) is 6.54 Å². The van der Waals surface area contributed by atoms with Gasteiger partial charge in [0.2, 0.25) is 0 Å². The lowest BCUT2D eigenvalue weighted by molar-refractivity contribution is 0.589. The Bertz CT molecular complexity index is 564. The number of hydrogen-bond donors (Lipinski definition) is 1. The molecule has 0 aliphatic rings. The van der Waals surface area contributed by atoms with Gasteiger partial charge in [0.05, 0.1) is 0 Å². The number of benzene rings is 2. The van der Waals surface area contributed by atoms with Crippen molar-refractivity contribution in [3.63, 3.8) is 0 Å². The monoisotopic (exact) mass is 293 g/mol. The molecule has 0 saturated heterocycles. The first-order valence-electron chi connectivity index (χ1n) is 6.34. The van der Waals surface area contributed by atoms with Crippen molar-refractivity contribution in [2.24, 2.45) is 0 Å². The lowest BCUT2D eigenvalue weighted by Gasteiger charge is -2.11. The van der Waals surface area contributed by atoms with Gasteiger partial charge in [-0.05, 0) is 17.7 Å². The van der Waals surface area contributed by atoms with Gasteiger partial charge in [-0.1, -0.05) is 67.4 Å². The third kappa shape index (κ3) is 3.73. The maximum Gasteiger partial charge on any atom is 0.0488 e. The molecule has 2 aromatic rings. The molecule has 0 aliphatic carbocycles. The van der Waals surface area contributed by atoms with Gasteiger partial charge in [-0.25, -0.2) is 0 Å². The molecule has 0 bridgehead atoms. The van der Waals surface area contributed by atoms with Crippen LogP contribution < -0.4 is 5.32 Å². The molecule has 0 fully saturated rings. The average molecular weight is 294 g/mol. The van der Waals surface area contributed by atoms with E-state index in [2.05, 4.69) is 25.2 Å². The minimum absolute atomic E-state index is 0.460. The largest absolute Gasteiger partial charge is 0.310 e. The fourth-order valence-electron chi connectivity index (χ4n) is 1.89. The summed E-state index contributed by atoms with van der Waals surface area (Å²) in [7, 11) is 0. The van der Waals surface area contributed by atoms with E-state index in [0.717, 1.165) is 27.7 Å². The molecule has 3 heteroatoms. The standard InChI is InChI=1S/C16H17Cl2N/c1-11(2)19-10-12-7-8-14(16(18)9-12)13-5-3-4-6-15(13)17/h3-9,11,19H,10H2,1-2H3. The Kier molecular flexibility index (Phi) is 4.87. The minimum atomic E-state index is 0.460. The van der Waals surface area contributed by atoms with Crippen molar-refractivity contribution in [3.8, 4) is 11.1 Å². The smallest absolute Gasteiger partial charge is 0.0488 e. The van der Waals surface area contributed by atoms with Gasteiger partial charge in [-0.2, -0.15) is 0 Å². The van der Waals surface area contributed by atoms with Crippen molar-refractivity contribution in [1.29, 1.82) is 0 Å². The molecule has 0 radical (unpaired) electrons. The third-order valence-electron chi connectivity index (χ3n) is 2.91. The highest BCUT2D eigenvalue weighted by molar-refractivity contribution is 6.36. The third-order valence-corrected chi connectivity index (χ3v) is 3.55. The highest BCUT2D eigenvalue weighted by Crippen LogP contribution is 2.33. The lowest BCUT2D eigenvalue weighted by Crippen LogP contribution is -2.21. The Morgan fingerprint density at radius 2 is 1.63 bits per heavy atom. The van der Waals surface area contributed by atoms with Crippen LogP contribution in [0, 0.1) is 0 Å². The summed E-state index contributed by atoms with van der Waals surface area (Å²) in [5, 5.41) is 4.83. The summed E-state index contributed by atoms with van der Waals surface area (Å²) >= 11 is 12.6. The SMILES string of the molecule is CC(C)NCc1ccc(-c2ccccc2Cl)c(Cl)c1. The van der Waals surface area contributed by atoms with E-state index in [0.29, 0.717) is 6.04 Å². The van der Waals surface area contributed by atoms with Crippen LogP contribution in [0.25, 0.3) is 11.1 Å². The number of halogens is 2. The first kappa shape index (κ1) is 14.4. The molecule has 0 amide bonds. The van der Waals surface area contributed by atoms with Crippen LogP contribution in [0.5, 0.6) is 0 Å². The second-order valence-electron chi connectivity index (χ2n) is 4.83. The van der Waals surface area contributed by atoms with Crippen LogP contribution in [0.15, 0.2) is 42.5 Å². The van der Waals surface area contributed by atoms with Crippen LogP contribution in [0.4, 0.5) is 0 Å². The zero-order chi connectivity index (χ0) is 13.8. The van der Waals surface area contributed by atoms with Gasteiger partial charge < -0.3 is 5.32 Å². The molecule has 0 unspecified atom stereocenters. The quantitative estimate of drug-likeness (QED) is 0.821. The zero-order valence-corrected chi connectivity index (χ0v) is 12.6. The number of rotatable bonds is 4. The van der Waals surface area contributed by atoms with E-state index in [1.165, 1.54) is 5.56 Å². The lowest BCUT2D eigenvalue weighted by atomic mass is 10.0. The van der Waals surface area contributed by atoms with Crippen molar-refractivity contribution >= 4 is 23.2 Å². The van der Waals surface area contributed by atoms with E-state index in [-0.39, 0.29) is 0 Å². The van der Waals surface area contributed by atoms with E-state index in [1.54, 1.807) is 0 Å². The Morgan fingerprint density at radius 1 is 0.947 bits per heavy atom. The van der Waals surface area contributed by atoms with Crippen molar-refractivity contribution in [1.82, 2.24) is 5.32 Å². The van der Waals surface area contributed by atoms with Crippen molar-refractivity contribution in [3.05, 3.63) is 58.1 Å². The average Bonchev–Trinajstić information content (AvgIpc) is 2.38. The van der Waals surface area contributed by atoms with E-state index in [4.69, 9.17) is 23.2 Å². The van der Waals surface area contributed by atoms with Crippen LogP contribution >= 0.6 is 23.2 Å². The Labute approximate surface area is 124 Å². The molecule has 2 aromatic carbocycles. The number of hydrogen-bond acceptors (Lipinski definition) is 1. The highest BCUT2D eigenvalue weighted by atomic mass is 35.5. The molecule has 0 spiro atoms. The molecule has 0 saturated carbocycles. The van der Waals surface area contributed by atoms with E-state index in [9.17, 15) is 0 Å². The fourth-order valence-corrected chi connectivity index (χ4v) is 2.43. The first-order chi connectivity index (χ1) is 9.08. The number of nitrogens with one attached hydrogen (secondary N) is 1. The molecule has 1 nitrogen and oxygen atoms in total. The molecule has 1 N–H and O–H groups in total. The maximum atomic E-state index is 6.36. The van der Waals surface area contributed by atoms with Gasteiger partial charge >= 0.3 is 0 Å². The summed E-state index contributed by atoms with van der Waals surface area (Å²) in [6.45, 7) is 5.07. The summed E-state index contributed by atoms with van der Waals surface area (Å²) < 4.78 is 0. The van der Waals surface area contributed by atoms with Crippen LogP contribution in [0.2, 0.25) is 10.0 Å². The Balaban J connectivity index is 2.27. The minimum Gasteiger partial charge on any atom is -0.310 e. The molecule has 2 rings (SSSR count). The summed E-state index contributed by atoms with van der Waals surface area (Å²) in [4.78, 5) is 0. The van der Waals surface area contributed by atoms with Gasteiger partial charge in [-0.3, -0.25) is 0 Å². The van der Waals surface area contributed by atoms with Crippen molar-refractivity contribution in [2.45, 2.75) is 26.4 Å². The van der Waals surface area contributed by atoms with E-state index < -0.39 is 0 Å². The molecule has 0 atom stereocenters. The molecule has 19 heavy (non-hydrogen) atoms. The molecule has 0 aliphatic heterocycles. The van der Waals surface area contributed by atoms with Gasteiger partial charge in [0.15, 0.2) is 0 Å². The summed E-state index contributed by atoms with van der Waals surface area (Å²) in [6.07, 6.45) is 0. The van der Waals surface area contributed by atoms with Crippen LogP contribution in [0.1, 0.15) is 19.4 Å². The summed E-state index contributed by atoms with van der Waals surface area (Å²) in [5.41, 5.74) is 3.12. The van der Waals surface area contributed by atoms with E-state index in [1.807, 2.05) is 36.4 Å². The van der Waals surface area contributed by atoms with Crippen LogP contribution in [-0.4, -0.2) is 6.04 Å². The van der Waals surface area contributed by atoms with E-state index >= 15 is 0 Å². The summed E-state index contributed by atoms with van der Waals surface area (Å²) in [5.74, 6) is 0. The predicted octanol–water partition coefficient (Wildman–Crippen LogP) is 5.16. The second kappa shape index (κ2) is 6.42.